The number of carboxylic acid groups (broad SMARTS) is 1. The Kier molecular flexibility index (Phi) is 5.67. The largest absolute Gasteiger partial charge is 0.481 e. The molecule has 1 aromatic rings. The van der Waals surface area contributed by atoms with Crippen molar-refractivity contribution in [3.63, 3.8) is 0 Å². The van der Waals surface area contributed by atoms with Gasteiger partial charge in [-0.05, 0) is 36.9 Å². The summed E-state index contributed by atoms with van der Waals surface area (Å²) in [5.41, 5.74) is 0.825. The first kappa shape index (κ1) is 15.9. The van der Waals surface area contributed by atoms with Crippen LogP contribution in [0.1, 0.15) is 43.2 Å². The molecule has 1 aliphatic rings. The molecule has 0 spiro atoms. The van der Waals surface area contributed by atoms with Crippen molar-refractivity contribution in [1.82, 2.24) is 5.32 Å². The highest BCUT2D eigenvalue weighted by atomic mass is 19.3. The number of benzene rings is 1. The molecule has 0 saturated heterocycles. The molecule has 3 nitrogen and oxygen atoms in total. The minimum Gasteiger partial charge on any atom is -0.481 e. The van der Waals surface area contributed by atoms with E-state index in [-0.39, 0.29) is 17.4 Å². The Labute approximate surface area is 123 Å². The Balaban J connectivity index is 1.85. The van der Waals surface area contributed by atoms with E-state index in [0.29, 0.717) is 13.1 Å². The SMILES string of the molecule is O=C(O)C1CCCCC1CNCc1cccc(C(F)F)c1. The molecule has 1 aliphatic carbocycles. The maximum atomic E-state index is 12.6. The van der Waals surface area contributed by atoms with Gasteiger partial charge in [-0.15, -0.1) is 0 Å². The van der Waals surface area contributed by atoms with E-state index >= 15 is 0 Å². The van der Waals surface area contributed by atoms with Crippen LogP contribution in [0.15, 0.2) is 24.3 Å². The van der Waals surface area contributed by atoms with Crippen LogP contribution in [0.5, 0.6) is 0 Å². The first-order chi connectivity index (χ1) is 10.1. The van der Waals surface area contributed by atoms with Gasteiger partial charge in [0.2, 0.25) is 0 Å². The molecule has 0 aliphatic heterocycles. The zero-order chi connectivity index (χ0) is 15.2. The molecule has 5 heteroatoms. The lowest BCUT2D eigenvalue weighted by molar-refractivity contribution is -0.144. The molecule has 0 aromatic heterocycles. The summed E-state index contributed by atoms with van der Waals surface area (Å²) in [7, 11) is 0. The molecule has 0 amide bonds. The predicted octanol–water partition coefficient (Wildman–Crippen LogP) is 3.60. The van der Waals surface area contributed by atoms with Crippen LogP contribution in [0, 0.1) is 11.8 Å². The van der Waals surface area contributed by atoms with Crippen LogP contribution in [-0.2, 0) is 11.3 Å². The third-order valence-electron chi connectivity index (χ3n) is 4.16. The third-order valence-corrected chi connectivity index (χ3v) is 4.16. The zero-order valence-electron chi connectivity index (χ0n) is 11.9. The zero-order valence-corrected chi connectivity index (χ0v) is 11.9. The van der Waals surface area contributed by atoms with Crippen LogP contribution in [0.4, 0.5) is 8.78 Å². The lowest BCUT2D eigenvalue weighted by Crippen LogP contribution is -2.34. The standard InChI is InChI=1S/C16H21F2NO2/c17-15(18)12-6-3-4-11(8-12)9-19-10-13-5-1-2-7-14(13)16(20)21/h3-4,6,8,13-15,19H,1-2,5,7,9-10H2,(H,20,21). The van der Waals surface area contributed by atoms with Gasteiger partial charge in [0.15, 0.2) is 0 Å². The van der Waals surface area contributed by atoms with Crippen LogP contribution in [0.2, 0.25) is 0 Å². The van der Waals surface area contributed by atoms with Crippen molar-refractivity contribution in [2.75, 3.05) is 6.54 Å². The Morgan fingerprint density at radius 3 is 2.81 bits per heavy atom. The molecule has 1 aromatic carbocycles. The van der Waals surface area contributed by atoms with Crippen molar-refractivity contribution in [3.05, 3.63) is 35.4 Å². The lowest BCUT2D eigenvalue weighted by Gasteiger charge is -2.28. The molecule has 2 atom stereocenters. The quantitative estimate of drug-likeness (QED) is 0.843. The molecular formula is C16H21F2NO2. The van der Waals surface area contributed by atoms with Gasteiger partial charge in [0.25, 0.3) is 6.43 Å². The number of halogens is 2. The van der Waals surface area contributed by atoms with Crippen molar-refractivity contribution >= 4 is 5.97 Å². The molecule has 0 radical (unpaired) electrons. The van der Waals surface area contributed by atoms with Gasteiger partial charge >= 0.3 is 5.97 Å². The fourth-order valence-corrected chi connectivity index (χ4v) is 3.02. The van der Waals surface area contributed by atoms with Crippen LogP contribution < -0.4 is 5.32 Å². The minimum absolute atomic E-state index is 0.0235. The van der Waals surface area contributed by atoms with Crippen LogP contribution in [0.25, 0.3) is 0 Å². The molecule has 2 N–H and O–H groups in total. The predicted molar refractivity (Wildman–Crippen MR) is 76.2 cm³/mol. The van der Waals surface area contributed by atoms with Crippen LogP contribution in [0.3, 0.4) is 0 Å². The van der Waals surface area contributed by atoms with Crippen molar-refractivity contribution in [2.24, 2.45) is 11.8 Å². The maximum Gasteiger partial charge on any atom is 0.306 e. The van der Waals surface area contributed by atoms with Gasteiger partial charge in [-0.3, -0.25) is 4.79 Å². The van der Waals surface area contributed by atoms with Crippen molar-refractivity contribution in [3.8, 4) is 0 Å². The van der Waals surface area contributed by atoms with E-state index in [0.717, 1.165) is 31.2 Å². The number of aliphatic carboxylic acids is 1. The summed E-state index contributed by atoms with van der Waals surface area (Å²) in [6.45, 7) is 1.11. The second-order valence-corrected chi connectivity index (χ2v) is 5.67. The normalized spacial score (nSPS) is 22.4. The Morgan fingerprint density at radius 2 is 2.10 bits per heavy atom. The molecule has 1 fully saturated rings. The number of rotatable bonds is 6. The molecule has 21 heavy (non-hydrogen) atoms. The maximum absolute atomic E-state index is 12.6. The first-order valence-corrected chi connectivity index (χ1v) is 7.38. The van der Waals surface area contributed by atoms with Gasteiger partial charge in [-0.2, -0.15) is 0 Å². The lowest BCUT2D eigenvalue weighted by atomic mass is 9.79. The Bertz CT molecular complexity index is 479. The van der Waals surface area contributed by atoms with Crippen molar-refractivity contribution in [2.45, 2.75) is 38.7 Å². The summed E-state index contributed by atoms with van der Waals surface area (Å²) in [6.07, 6.45) is 1.24. The summed E-state index contributed by atoms with van der Waals surface area (Å²) in [5, 5.41) is 12.4. The number of alkyl halides is 2. The molecule has 0 heterocycles. The highest BCUT2D eigenvalue weighted by molar-refractivity contribution is 5.70. The summed E-state index contributed by atoms with van der Waals surface area (Å²) < 4.78 is 25.2. The van der Waals surface area contributed by atoms with Gasteiger partial charge in [0.1, 0.15) is 0 Å². The highest BCUT2D eigenvalue weighted by Gasteiger charge is 2.30. The topological polar surface area (TPSA) is 49.3 Å². The third kappa shape index (κ3) is 4.49. The molecular weight excluding hydrogens is 276 g/mol. The van der Waals surface area contributed by atoms with Crippen LogP contribution in [-0.4, -0.2) is 17.6 Å². The molecule has 2 unspecified atom stereocenters. The van der Waals surface area contributed by atoms with Gasteiger partial charge in [0, 0.05) is 12.1 Å². The number of carboxylic acids is 1. The van der Waals surface area contributed by atoms with E-state index < -0.39 is 12.4 Å². The summed E-state index contributed by atoms with van der Waals surface area (Å²) in [5.74, 6) is -0.866. The van der Waals surface area contributed by atoms with E-state index in [4.69, 9.17) is 0 Å². The van der Waals surface area contributed by atoms with Gasteiger partial charge in [-0.25, -0.2) is 8.78 Å². The van der Waals surface area contributed by atoms with E-state index in [9.17, 15) is 18.7 Å². The Hall–Kier alpha value is -1.49. The second kappa shape index (κ2) is 7.50. The molecule has 116 valence electrons. The Morgan fingerprint density at radius 1 is 1.33 bits per heavy atom. The highest BCUT2D eigenvalue weighted by Crippen LogP contribution is 2.29. The van der Waals surface area contributed by atoms with E-state index in [1.807, 2.05) is 0 Å². The first-order valence-electron chi connectivity index (χ1n) is 7.38. The van der Waals surface area contributed by atoms with E-state index in [2.05, 4.69) is 5.32 Å². The van der Waals surface area contributed by atoms with Crippen molar-refractivity contribution in [1.29, 1.82) is 0 Å². The van der Waals surface area contributed by atoms with Gasteiger partial charge < -0.3 is 10.4 Å². The fourth-order valence-electron chi connectivity index (χ4n) is 3.02. The molecule has 2 rings (SSSR count). The molecule has 1 saturated carbocycles. The summed E-state index contributed by atoms with van der Waals surface area (Å²) >= 11 is 0. The fraction of sp³-hybridized carbons (Fsp3) is 0.562. The monoisotopic (exact) mass is 297 g/mol. The number of hydrogen-bond donors (Lipinski definition) is 2. The van der Waals surface area contributed by atoms with Crippen LogP contribution >= 0.6 is 0 Å². The van der Waals surface area contributed by atoms with E-state index in [1.165, 1.54) is 12.1 Å². The summed E-state index contributed by atoms with van der Waals surface area (Å²) in [6, 6.07) is 6.33. The minimum atomic E-state index is -2.46. The number of nitrogens with one attached hydrogen (secondary N) is 1. The second-order valence-electron chi connectivity index (χ2n) is 5.67. The number of carbonyl (C=O) groups is 1. The average molecular weight is 297 g/mol. The van der Waals surface area contributed by atoms with Gasteiger partial charge in [0.05, 0.1) is 5.92 Å². The smallest absolute Gasteiger partial charge is 0.306 e. The summed E-state index contributed by atoms with van der Waals surface area (Å²) in [4.78, 5) is 11.2. The molecule has 0 bridgehead atoms. The average Bonchev–Trinajstić information content (AvgIpc) is 2.48. The van der Waals surface area contributed by atoms with Gasteiger partial charge in [-0.1, -0.05) is 31.0 Å². The number of hydrogen-bond acceptors (Lipinski definition) is 2. The van der Waals surface area contributed by atoms with Crippen molar-refractivity contribution < 1.29 is 18.7 Å². The van der Waals surface area contributed by atoms with E-state index in [1.54, 1.807) is 12.1 Å².